The van der Waals surface area contributed by atoms with E-state index in [4.69, 9.17) is 5.11 Å². The van der Waals surface area contributed by atoms with Crippen LogP contribution in [0, 0.1) is 3.57 Å². The number of aromatic carboxylic acids is 1. The zero-order valence-electron chi connectivity index (χ0n) is 11.8. The number of thioether (sulfide) groups is 1. The van der Waals surface area contributed by atoms with Crippen LogP contribution in [0.2, 0.25) is 0 Å². The third-order valence-electron chi connectivity index (χ3n) is 2.77. The number of carbonyl (C=O) groups excluding carboxylic acids is 1. The van der Waals surface area contributed by atoms with Crippen molar-refractivity contribution in [1.29, 1.82) is 0 Å². The van der Waals surface area contributed by atoms with Gasteiger partial charge in [0.05, 0.1) is 11.3 Å². The summed E-state index contributed by atoms with van der Waals surface area (Å²) in [6.07, 6.45) is 5.22. The molecule has 116 valence electrons. The van der Waals surface area contributed by atoms with E-state index >= 15 is 0 Å². The molecular weight excluding hydrogens is 403 g/mol. The Labute approximate surface area is 142 Å². The number of benzene rings is 1. The first-order chi connectivity index (χ1) is 10.0. The maximum absolute atomic E-state index is 11.7. The van der Waals surface area contributed by atoms with E-state index in [0.717, 1.165) is 28.6 Å². The molecule has 3 N–H and O–H groups in total. The molecule has 1 aromatic rings. The first-order valence-corrected chi connectivity index (χ1v) is 9.08. The maximum atomic E-state index is 11.7. The molecule has 2 amide bonds. The van der Waals surface area contributed by atoms with Crippen LogP contribution in [0.5, 0.6) is 0 Å². The number of carboxylic acid groups (broad SMARTS) is 1. The molecule has 0 heterocycles. The fraction of sp³-hybridized carbons (Fsp3) is 0.429. The van der Waals surface area contributed by atoms with Gasteiger partial charge in [0.25, 0.3) is 0 Å². The topological polar surface area (TPSA) is 78.4 Å². The van der Waals surface area contributed by atoms with Crippen molar-refractivity contribution in [2.24, 2.45) is 0 Å². The Kier molecular flexibility index (Phi) is 8.51. The molecule has 21 heavy (non-hydrogen) atoms. The standard InChI is InChI=1S/C14H19IN2O3S/c1-21-8-4-2-3-7-16-14(20)17-12-6-5-10(15)9-11(12)13(18)19/h5-6,9H,2-4,7-8H2,1H3,(H,18,19)(H2,16,17,20). The molecule has 0 aromatic heterocycles. The number of carbonyl (C=O) groups is 2. The van der Waals surface area contributed by atoms with Crippen LogP contribution in [0.15, 0.2) is 18.2 Å². The number of urea groups is 1. The highest BCUT2D eigenvalue weighted by Crippen LogP contribution is 2.18. The molecule has 0 bridgehead atoms. The SMILES string of the molecule is CSCCCCCNC(=O)Nc1ccc(I)cc1C(=O)O. The number of nitrogens with one attached hydrogen (secondary N) is 2. The summed E-state index contributed by atoms with van der Waals surface area (Å²) in [5.74, 6) is 0.0810. The molecular formula is C14H19IN2O3S. The molecule has 0 saturated carbocycles. The summed E-state index contributed by atoms with van der Waals surface area (Å²) in [5.41, 5.74) is 0.403. The predicted molar refractivity (Wildman–Crippen MR) is 95.4 cm³/mol. The predicted octanol–water partition coefficient (Wildman–Crippen LogP) is 3.64. The maximum Gasteiger partial charge on any atom is 0.337 e. The molecule has 0 unspecified atom stereocenters. The Morgan fingerprint density at radius 1 is 1.29 bits per heavy atom. The van der Waals surface area contributed by atoms with Crippen LogP contribution >= 0.6 is 34.4 Å². The van der Waals surface area contributed by atoms with Crippen molar-refractivity contribution >= 4 is 52.0 Å². The number of hydrogen-bond acceptors (Lipinski definition) is 3. The summed E-state index contributed by atoms with van der Waals surface area (Å²) in [5, 5.41) is 14.4. The highest BCUT2D eigenvalue weighted by Gasteiger charge is 2.12. The summed E-state index contributed by atoms with van der Waals surface area (Å²) < 4.78 is 0.810. The average Bonchev–Trinajstić information content (AvgIpc) is 2.44. The number of halogens is 1. The minimum Gasteiger partial charge on any atom is -0.478 e. The van der Waals surface area contributed by atoms with Gasteiger partial charge in [-0.2, -0.15) is 11.8 Å². The lowest BCUT2D eigenvalue weighted by Crippen LogP contribution is -2.30. The van der Waals surface area contributed by atoms with Gasteiger partial charge in [-0.25, -0.2) is 9.59 Å². The van der Waals surface area contributed by atoms with Crippen LogP contribution in [-0.2, 0) is 0 Å². The van der Waals surface area contributed by atoms with E-state index in [2.05, 4.69) is 16.9 Å². The third-order valence-corrected chi connectivity index (χ3v) is 4.14. The van der Waals surface area contributed by atoms with Crippen molar-refractivity contribution < 1.29 is 14.7 Å². The van der Waals surface area contributed by atoms with Gasteiger partial charge < -0.3 is 15.7 Å². The Bertz CT molecular complexity index is 497. The molecule has 0 spiro atoms. The van der Waals surface area contributed by atoms with E-state index < -0.39 is 5.97 Å². The van der Waals surface area contributed by atoms with E-state index in [1.54, 1.807) is 12.1 Å². The van der Waals surface area contributed by atoms with Gasteiger partial charge in [-0.15, -0.1) is 0 Å². The zero-order valence-corrected chi connectivity index (χ0v) is 14.8. The molecule has 5 nitrogen and oxygen atoms in total. The highest BCUT2D eigenvalue weighted by atomic mass is 127. The second-order valence-electron chi connectivity index (χ2n) is 4.43. The summed E-state index contributed by atoms with van der Waals surface area (Å²) in [7, 11) is 0. The third kappa shape index (κ3) is 7.03. The van der Waals surface area contributed by atoms with Crippen molar-refractivity contribution in [2.45, 2.75) is 19.3 Å². The molecule has 0 aliphatic heterocycles. The van der Waals surface area contributed by atoms with Gasteiger partial charge in [0.15, 0.2) is 0 Å². The first-order valence-electron chi connectivity index (χ1n) is 6.61. The molecule has 7 heteroatoms. The fourth-order valence-corrected chi connectivity index (χ4v) is 2.70. The second-order valence-corrected chi connectivity index (χ2v) is 6.66. The highest BCUT2D eigenvalue weighted by molar-refractivity contribution is 14.1. The zero-order chi connectivity index (χ0) is 15.7. The van der Waals surface area contributed by atoms with Gasteiger partial charge in [0, 0.05) is 10.1 Å². The van der Waals surface area contributed by atoms with Crippen molar-refractivity contribution in [3.05, 3.63) is 27.3 Å². The average molecular weight is 422 g/mol. The van der Waals surface area contributed by atoms with Gasteiger partial charge in [0.2, 0.25) is 0 Å². The fourth-order valence-electron chi connectivity index (χ4n) is 1.72. The van der Waals surface area contributed by atoms with Crippen molar-refractivity contribution in [3.8, 4) is 0 Å². The summed E-state index contributed by atoms with van der Waals surface area (Å²) in [4.78, 5) is 22.9. The minimum absolute atomic E-state index is 0.0945. The van der Waals surface area contributed by atoms with Crippen LogP contribution in [-0.4, -0.2) is 35.7 Å². The largest absolute Gasteiger partial charge is 0.478 e. The Balaban J connectivity index is 2.43. The van der Waals surface area contributed by atoms with Crippen molar-refractivity contribution in [2.75, 3.05) is 23.9 Å². The molecule has 0 aliphatic carbocycles. The van der Waals surface area contributed by atoms with Crippen molar-refractivity contribution in [3.63, 3.8) is 0 Å². The van der Waals surface area contributed by atoms with Crippen LogP contribution in [0.25, 0.3) is 0 Å². The van der Waals surface area contributed by atoms with E-state index in [9.17, 15) is 9.59 Å². The number of carboxylic acids is 1. The lowest BCUT2D eigenvalue weighted by Gasteiger charge is -2.10. The molecule has 1 rings (SSSR count). The van der Waals surface area contributed by atoms with Gasteiger partial charge >= 0.3 is 12.0 Å². The van der Waals surface area contributed by atoms with Gasteiger partial charge in [0.1, 0.15) is 0 Å². The smallest absolute Gasteiger partial charge is 0.337 e. The van der Waals surface area contributed by atoms with E-state index in [1.165, 1.54) is 6.07 Å². The molecule has 0 atom stereocenters. The van der Waals surface area contributed by atoms with Crippen LogP contribution < -0.4 is 10.6 Å². The number of anilines is 1. The monoisotopic (exact) mass is 422 g/mol. The lowest BCUT2D eigenvalue weighted by atomic mass is 10.2. The Morgan fingerprint density at radius 2 is 2.05 bits per heavy atom. The number of hydrogen-bond donors (Lipinski definition) is 3. The van der Waals surface area contributed by atoms with Gasteiger partial charge in [-0.05, 0) is 65.6 Å². The van der Waals surface area contributed by atoms with Crippen LogP contribution in [0.1, 0.15) is 29.6 Å². The van der Waals surface area contributed by atoms with Gasteiger partial charge in [-0.3, -0.25) is 0 Å². The molecule has 0 fully saturated rings. The summed E-state index contributed by atoms with van der Waals surface area (Å²) >= 11 is 3.85. The first kappa shape index (κ1) is 18.1. The van der Waals surface area contributed by atoms with E-state index in [-0.39, 0.29) is 11.6 Å². The second kappa shape index (κ2) is 9.88. The Hall–Kier alpha value is -0.960. The van der Waals surface area contributed by atoms with E-state index in [1.807, 2.05) is 34.4 Å². The lowest BCUT2D eigenvalue weighted by molar-refractivity contribution is 0.0698. The summed E-state index contributed by atoms with van der Waals surface area (Å²) in [6, 6.07) is 4.51. The normalized spacial score (nSPS) is 10.2. The van der Waals surface area contributed by atoms with E-state index in [0.29, 0.717) is 12.2 Å². The quantitative estimate of drug-likeness (QED) is 0.442. The van der Waals surface area contributed by atoms with Gasteiger partial charge in [-0.1, -0.05) is 6.42 Å². The number of unbranched alkanes of at least 4 members (excludes halogenated alkanes) is 2. The van der Waals surface area contributed by atoms with Crippen molar-refractivity contribution in [1.82, 2.24) is 5.32 Å². The number of amides is 2. The van der Waals surface area contributed by atoms with Crippen LogP contribution in [0.3, 0.4) is 0 Å². The Morgan fingerprint density at radius 3 is 2.71 bits per heavy atom. The summed E-state index contributed by atoms with van der Waals surface area (Å²) in [6.45, 7) is 0.590. The molecule has 0 saturated heterocycles. The van der Waals surface area contributed by atoms with Crippen LogP contribution in [0.4, 0.5) is 10.5 Å². The number of rotatable bonds is 8. The molecule has 0 radical (unpaired) electrons. The molecule has 1 aromatic carbocycles. The minimum atomic E-state index is -1.05. The molecule has 0 aliphatic rings.